The summed E-state index contributed by atoms with van der Waals surface area (Å²) in [6, 6.07) is 5.83. The van der Waals surface area contributed by atoms with Crippen molar-refractivity contribution in [1.82, 2.24) is 5.32 Å². The van der Waals surface area contributed by atoms with Gasteiger partial charge in [0.2, 0.25) is 0 Å². The van der Waals surface area contributed by atoms with E-state index in [1.165, 1.54) is 5.56 Å². The monoisotopic (exact) mass is 278 g/mol. The van der Waals surface area contributed by atoms with E-state index in [2.05, 4.69) is 19.2 Å². The van der Waals surface area contributed by atoms with Crippen molar-refractivity contribution in [3.05, 3.63) is 29.3 Å². The van der Waals surface area contributed by atoms with Crippen LogP contribution in [0.5, 0.6) is 5.75 Å². The van der Waals surface area contributed by atoms with Gasteiger partial charge in [-0.05, 0) is 49.4 Å². The van der Waals surface area contributed by atoms with Crippen LogP contribution in [-0.2, 0) is 4.79 Å². The summed E-state index contributed by atoms with van der Waals surface area (Å²) in [6.45, 7) is 8.77. The van der Waals surface area contributed by atoms with Crippen molar-refractivity contribution < 1.29 is 9.53 Å². The van der Waals surface area contributed by atoms with Crippen molar-refractivity contribution >= 4 is 5.91 Å². The van der Waals surface area contributed by atoms with E-state index in [-0.39, 0.29) is 18.6 Å². The van der Waals surface area contributed by atoms with Crippen LogP contribution in [0.3, 0.4) is 0 Å². The summed E-state index contributed by atoms with van der Waals surface area (Å²) in [5.74, 6) is 1.10. The Kier molecular flexibility index (Phi) is 6.52. The molecule has 0 spiro atoms. The second kappa shape index (κ2) is 7.90. The topological polar surface area (TPSA) is 64.3 Å². The third kappa shape index (κ3) is 5.61. The highest BCUT2D eigenvalue weighted by atomic mass is 16.5. The molecule has 0 aliphatic rings. The molecule has 0 bridgehead atoms. The molecule has 1 aromatic carbocycles. The lowest BCUT2D eigenvalue weighted by Gasteiger charge is -2.19. The van der Waals surface area contributed by atoms with E-state index < -0.39 is 0 Å². The van der Waals surface area contributed by atoms with Gasteiger partial charge in [-0.2, -0.15) is 0 Å². The maximum atomic E-state index is 11.8. The summed E-state index contributed by atoms with van der Waals surface area (Å²) in [5.41, 5.74) is 8.02. The smallest absolute Gasteiger partial charge is 0.258 e. The molecular weight excluding hydrogens is 252 g/mol. The van der Waals surface area contributed by atoms with E-state index in [4.69, 9.17) is 10.5 Å². The Morgan fingerprint density at radius 1 is 1.30 bits per heavy atom. The minimum Gasteiger partial charge on any atom is -0.484 e. The first-order chi connectivity index (χ1) is 9.42. The first-order valence-corrected chi connectivity index (χ1v) is 7.11. The molecule has 1 rings (SSSR count). The summed E-state index contributed by atoms with van der Waals surface area (Å²) in [5, 5.41) is 2.91. The normalized spacial score (nSPS) is 12.3. The Morgan fingerprint density at radius 2 is 2.00 bits per heavy atom. The second-order valence-electron chi connectivity index (χ2n) is 5.66. The number of nitrogens with two attached hydrogens (primary N) is 1. The quantitative estimate of drug-likeness (QED) is 0.803. The summed E-state index contributed by atoms with van der Waals surface area (Å²) in [7, 11) is 0. The molecule has 4 heteroatoms. The average molecular weight is 278 g/mol. The number of amides is 1. The molecule has 1 amide bonds. The fourth-order valence-corrected chi connectivity index (χ4v) is 2.01. The minimum atomic E-state index is -0.126. The molecule has 0 fully saturated rings. The van der Waals surface area contributed by atoms with Crippen LogP contribution in [0.2, 0.25) is 0 Å². The number of carbonyl (C=O) groups excluding carboxylic acids is 1. The summed E-state index contributed by atoms with van der Waals surface area (Å²) in [6.07, 6.45) is 0.881. The molecule has 4 nitrogen and oxygen atoms in total. The highest BCUT2D eigenvalue weighted by Gasteiger charge is 2.12. The van der Waals surface area contributed by atoms with Crippen LogP contribution in [0.1, 0.15) is 31.4 Å². The molecule has 1 aromatic rings. The van der Waals surface area contributed by atoms with Gasteiger partial charge in [-0.3, -0.25) is 4.79 Å². The first-order valence-electron chi connectivity index (χ1n) is 7.11. The van der Waals surface area contributed by atoms with Gasteiger partial charge in [-0.1, -0.05) is 19.9 Å². The Labute approximate surface area is 121 Å². The predicted octanol–water partition coefficient (Wildman–Crippen LogP) is 2.17. The molecule has 3 N–H and O–H groups in total. The zero-order valence-corrected chi connectivity index (χ0v) is 12.9. The van der Waals surface area contributed by atoms with E-state index in [1.54, 1.807) is 0 Å². The zero-order valence-electron chi connectivity index (χ0n) is 12.9. The predicted molar refractivity (Wildman–Crippen MR) is 81.9 cm³/mol. The number of hydrogen-bond acceptors (Lipinski definition) is 3. The Morgan fingerprint density at radius 3 is 2.55 bits per heavy atom. The van der Waals surface area contributed by atoms with Crippen LogP contribution in [0.25, 0.3) is 0 Å². The molecule has 0 aliphatic heterocycles. The molecule has 0 saturated heterocycles. The van der Waals surface area contributed by atoms with Gasteiger partial charge in [0.25, 0.3) is 5.91 Å². The van der Waals surface area contributed by atoms with Crippen molar-refractivity contribution in [3.8, 4) is 5.75 Å². The van der Waals surface area contributed by atoms with Crippen LogP contribution in [0, 0.1) is 19.8 Å². The molecule has 0 heterocycles. The van der Waals surface area contributed by atoms with E-state index >= 15 is 0 Å². The lowest BCUT2D eigenvalue weighted by molar-refractivity contribution is -0.123. The van der Waals surface area contributed by atoms with E-state index in [9.17, 15) is 4.79 Å². The SMILES string of the molecule is Cc1ccc(OCC(=O)NC(CN)CC(C)C)cc1C. The number of nitrogens with one attached hydrogen (secondary N) is 1. The number of ether oxygens (including phenoxy) is 1. The van der Waals surface area contributed by atoms with Gasteiger partial charge in [0, 0.05) is 12.6 Å². The fourth-order valence-electron chi connectivity index (χ4n) is 2.01. The molecule has 0 aliphatic carbocycles. The van der Waals surface area contributed by atoms with Crippen molar-refractivity contribution in [3.63, 3.8) is 0 Å². The maximum absolute atomic E-state index is 11.8. The second-order valence-corrected chi connectivity index (χ2v) is 5.66. The van der Waals surface area contributed by atoms with Crippen LogP contribution in [-0.4, -0.2) is 25.1 Å². The minimum absolute atomic E-state index is 0.0193. The number of benzene rings is 1. The van der Waals surface area contributed by atoms with E-state index in [1.807, 2.05) is 32.0 Å². The third-order valence-corrected chi connectivity index (χ3v) is 3.25. The summed E-state index contributed by atoms with van der Waals surface area (Å²) >= 11 is 0. The van der Waals surface area contributed by atoms with Crippen molar-refractivity contribution in [2.75, 3.05) is 13.2 Å². The fraction of sp³-hybridized carbons (Fsp3) is 0.562. The highest BCUT2D eigenvalue weighted by Crippen LogP contribution is 2.16. The number of aryl methyl sites for hydroxylation is 2. The van der Waals surface area contributed by atoms with Crippen LogP contribution >= 0.6 is 0 Å². The standard InChI is InChI=1S/C16H26N2O2/c1-11(2)7-14(9-17)18-16(19)10-20-15-6-5-12(3)13(4)8-15/h5-6,8,11,14H,7,9-10,17H2,1-4H3,(H,18,19). The van der Waals surface area contributed by atoms with Crippen molar-refractivity contribution in [1.29, 1.82) is 0 Å². The molecule has 20 heavy (non-hydrogen) atoms. The summed E-state index contributed by atoms with van der Waals surface area (Å²) < 4.78 is 5.50. The first kappa shape index (κ1) is 16.5. The Hall–Kier alpha value is -1.55. The molecule has 112 valence electrons. The van der Waals surface area contributed by atoms with Crippen LogP contribution in [0.4, 0.5) is 0 Å². The maximum Gasteiger partial charge on any atom is 0.258 e. The van der Waals surface area contributed by atoms with Gasteiger partial charge in [0.15, 0.2) is 6.61 Å². The van der Waals surface area contributed by atoms with Gasteiger partial charge in [-0.15, -0.1) is 0 Å². The van der Waals surface area contributed by atoms with Crippen molar-refractivity contribution in [2.45, 2.75) is 40.2 Å². The Balaban J connectivity index is 2.44. The molecule has 0 radical (unpaired) electrons. The van der Waals surface area contributed by atoms with E-state index in [0.717, 1.165) is 17.7 Å². The van der Waals surface area contributed by atoms with Crippen LogP contribution < -0.4 is 15.8 Å². The average Bonchev–Trinajstić information content (AvgIpc) is 2.39. The summed E-state index contributed by atoms with van der Waals surface area (Å²) in [4.78, 5) is 11.8. The van der Waals surface area contributed by atoms with Gasteiger partial charge >= 0.3 is 0 Å². The molecule has 0 aromatic heterocycles. The van der Waals surface area contributed by atoms with Gasteiger partial charge in [0.05, 0.1) is 0 Å². The molecule has 1 atom stereocenters. The van der Waals surface area contributed by atoms with Gasteiger partial charge in [-0.25, -0.2) is 0 Å². The molecule has 1 unspecified atom stereocenters. The lowest BCUT2D eigenvalue weighted by atomic mass is 10.0. The largest absolute Gasteiger partial charge is 0.484 e. The van der Waals surface area contributed by atoms with Crippen molar-refractivity contribution in [2.24, 2.45) is 11.7 Å². The van der Waals surface area contributed by atoms with E-state index in [0.29, 0.717) is 12.5 Å². The lowest BCUT2D eigenvalue weighted by Crippen LogP contribution is -2.43. The molecular formula is C16H26N2O2. The molecule has 0 saturated carbocycles. The highest BCUT2D eigenvalue weighted by molar-refractivity contribution is 5.77. The van der Waals surface area contributed by atoms with Crippen LogP contribution in [0.15, 0.2) is 18.2 Å². The Bertz CT molecular complexity index is 444. The van der Waals surface area contributed by atoms with Gasteiger partial charge < -0.3 is 15.8 Å². The zero-order chi connectivity index (χ0) is 15.1. The third-order valence-electron chi connectivity index (χ3n) is 3.25. The number of rotatable bonds is 7. The number of hydrogen-bond donors (Lipinski definition) is 2. The number of carbonyl (C=O) groups is 1. The van der Waals surface area contributed by atoms with Gasteiger partial charge in [0.1, 0.15) is 5.75 Å².